The molecule has 3 nitrogen and oxygen atoms in total. The van der Waals surface area contributed by atoms with Crippen LogP contribution in [0.1, 0.15) is 18.2 Å². The Morgan fingerprint density at radius 3 is 2.59 bits per heavy atom. The zero-order valence-electron chi connectivity index (χ0n) is 13.5. The van der Waals surface area contributed by atoms with Gasteiger partial charge in [0.1, 0.15) is 5.69 Å². The van der Waals surface area contributed by atoms with E-state index in [0.717, 1.165) is 12.2 Å². The Kier molecular flexibility index (Phi) is 4.77. The van der Waals surface area contributed by atoms with Crippen molar-refractivity contribution in [2.45, 2.75) is 20.3 Å². The van der Waals surface area contributed by atoms with Crippen LogP contribution in [0.5, 0.6) is 0 Å². The van der Waals surface area contributed by atoms with E-state index in [-0.39, 0.29) is 12.4 Å². The van der Waals surface area contributed by atoms with E-state index >= 15 is 0 Å². The van der Waals surface area contributed by atoms with Gasteiger partial charge in [-0.2, -0.15) is 0 Å². The lowest BCUT2D eigenvalue weighted by atomic mass is 10.1. The SMILES string of the molecule is CCc1cn(-c2cc(C)[n+](C)c(NC)c2)c2ccccc12.[Cl-]. The van der Waals surface area contributed by atoms with Crippen molar-refractivity contribution in [1.82, 2.24) is 4.57 Å². The molecule has 1 aromatic carbocycles. The Morgan fingerprint density at radius 2 is 1.91 bits per heavy atom. The molecule has 3 rings (SSSR count). The number of nitrogens with one attached hydrogen (secondary N) is 1. The van der Waals surface area contributed by atoms with Crippen LogP contribution in [-0.2, 0) is 13.5 Å². The highest BCUT2D eigenvalue weighted by molar-refractivity contribution is 5.85. The van der Waals surface area contributed by atoms with Crippen LogP contribution in [0.25, 0.3) is 16.6 Å². The number of para-hydroxylation sites is 1. The summed E-state index contributed by atoms with van der Waals surface area (Å²) >= 11 is 0. The van der Waals surface area contributed by atoms with E-state index < -0.39 is 0 Å². The van der Waals surface area contributed by atoms with Gasteiger partial charge in [-0.05, 0) is 25.0 Å². The number of halogens is 1. The lowest BCUT2D eigenvalue weighted by molar-refractivity contribution is -0.663. The van der Waals surface area contributed by atoms with Crippen molar-refractivity contribution in [3.05, 3.63) is 53.9 Å². The number of anilines is 1. The monoisotopic (exact) mass is 315 g/mol. The molecule has 0 aliphatic heterocycles. The van der Waals surface area contributed by atoms with Gasteiger partial charge in [0.15, 0.2) is 0 Å². The third-order valence-corrected chi connectivity index (χ3v) is 4.24. The summed E-state index contributed by atoms with van der Waals surface area (Å²) in [5.41, 5.74) is 5.09. The van der Waals surface area contributed by atoms with Gasteiger partial charge in [0.2, 0.25) is 0 Å². The number of hydrogen-bond donors (Lipinski definition) is 1. The number of aromatic nitrogens is 2. The molecule has 0 saturated heterocycles. The maximum absolute atomic E-state index is 3.26. The maximum atomic E-state index is 3.26. The molecule has 2 heterocycles. The van der Waals surface area contributed by atoms with Crippen LogP contribution in [0, 0.1) is 6.92 Å². The van der Waals surface area contributed by atoms with Crippen molar-refractivity contribution < 1.29 is 17.0 Å². The Morgan fingerprint density at radius 1 is 1.18 bits per heavy atom. The second-order valence-electron chi connectivity index (χ2n) is 5.44. The molecule has 22 heavy (non-hydrogen) atoms. The van der Waals surface area contributed by atoms with Gasteiger partial charge < -0.3 is 17.0 Å². The first-order valence-corrected chi connectivity index (χ1v) is 7.43. The molecule has 2 aromatic heterocycles. The second-order valence-corrected chi connectivity index (χ2v) is 5.44. The Labute approximate surface area is 138 Å². The maximum Gasteiger partial charge on any atom is 0.276 e. The minimum Gasteiger partial charge on any atom is -1.00 e. The molecule has 0 bridgehead atoms. The highest BCUT2D eigenvalue weighted by Gasteiger charge is 2.13. The van der Waals surface area contributed by atoms with Gasteiger partial charge in [0, 0.05) is 17.6 Å². The largest absolute Gasteiger partial charge is 1.00 e. The first-order valence-electron chi connectivity index (χ1n) is 7.43. The third kappa shape index (κ3) is 2.57. The molecule has 0 unspecified atom stereocenters. The smallest absolute Gasteiger partial charge is 0.276 e. The molecule has 4 heteroatoms. The molecule has 116 valence electrons. The minimum atomic E-state index is 0. The Bertz CT molecular complexity index is 805. The predicted octanol–water partition coefficient (Wildman–Crippen LogP) is 0.372. The van der Waals surface area contributed by atoms with Crippen LogP contribution in [0.2, 0.25) is 0 Å². The summed E-state index contributed by atoms with van der Waals surface area (Å²) in [6.45, 7) is 4.35. The van der Waals surface area contributed by atoms with Crippen molar-refractivity contribution in [3.8, 4) is 5.69 Å². The fourth-order valence-corrected chi connectivity index (χ4v) is 2.90. The van der Waals surface area contributed by atoms with Crippen LogP contribution >= 0.6 is 0 Å². The van der Waals surface area contributed by atoms with Gasteiger partial charge >= 0.3 is 0 Å². The molecular weight excluding hydrogens is 294 g/mol. The molecule has 0 amide bonds. The number of aryl methyl sites for hydroxylation is 2. The number of nitrogens with zero attached hydrogens (tertiary/aromatic N) is 2. The summed E-state index contributed by atoms with van der Waals surface area (Å²) < 4.78 is 4.46. The average Bonchev–Trinajstić information content (AvgIpc) is 2.89. The Balaban J connectivity index is 0.00000176. The molecule has 0 aliphatic carbocycles. The molecule has 0 atom stereocenters. The summed E-state index contributed by atoms with van der Waals surface area (Å²) in [6.07, 6.45) is 3.31. The van der Waals surface area contributed by atoms with Crippen LogP contribution in [0.15, 0.2) is 42.6 Å². The molecule has 0 spiro atoms. The van der Waals surface area contributed by atoms with Crippen molar-refractivity contribution in [1.29, 1.82) is 0 Å². The lowest BCUT2D eigenvalue weighted by Crippen LogP contribution is -3.00. The average molecular weight is 316 g/mol. The van der Waals surface area contributed by atoms with Crippen LogP contribution in [0.4, 0.5) is 5.82 Å². The first kappa shape index (κ1) is 16.4. The fourth-order valence-electron chi connectivity index (χ4n) is 2.90. The van der Waals surface area contributed by atoms with E-state index in [2.05, 4.69) is 77.9 Å². The molecule has 0 fully saturated rings. The number of rotatable bonds is 3. The van der Waals surface area contributed by atoms with E-state index in [1.807, 2.05) is 7.05 Å². The molecule has 0 saturated carbocycles. The molecule has 1 N–H and O–H groups in total. The zero-order chi connectivity index (χ0) is 15.0. The van der Waals surface area contributed by atoms with E-state index in [1.165, 1.54) is 27.8 Å². The lowest BCUT2D eigenvalue weighted by Gasteiger charge is -2.10. The second kappa shape index (κ2) is 6.41. The topological polar surface area (TPSA) is 20.8 Å². The number of fused-ring (bicyclic) bond motifs is 1. The van der Waals surface area contributed by atoms with Crippen molar-refractivity contribution in [2.75, 3.05) is 12.4 Å². The van der Waals surface area contributed by atoms with Crippen LogP contribution < -0.4 is 22.3 Å². The standard InChI is InChI=1S/C18H21N3.ClH/c1-5-14-12-21(17-9-7-6-8-16(14)17)15-10-13(2)20(4)18(11-15)19-3;/h6-12H,5H2,1-4H3;1H. The van der Waals surface area contributed by atoms with E-state index in [1.54, 1.807) is 0 Å². The van der Waals surface area contributed by atoms with Gasteiger partial charge in [-0.25, -0.2) is 4.57 Å². The molecule has 0 aliphatic rings. The van der Waals surface area contributed by atoms with Gasteiger partial charge in [-0.3, -0.25) is 5.32 Å². The number of hydrogen-bond acceptors (Lipinski definition) is 1. The minimum absolute atomic E-state index is 0. The normalized spacial score (nSPS) is 10.5. The third-order valence-electron chi connectivity index (χ3n) is 4.24. The summed E-state index contributed by atoms with van der Waals surface area (Å²) in [6, 6.07) is 13.0. The predicted molar refractivity (Wildman–Crippen MR) is 88.1 cm³/mol. The van der Waals surface area contributed by atoms with Gasteiger partial charge in [-0.15, -0.1) is 0 Å². The first-order chi connectivity index (χ1) is 10.2. The fraction of sp³-hybridized carbons (Fsp3) is 0.278. The highest BCUT2D eigenvalue weighted by Crippen LogP contribution is 2.26. The molecular formula is C18H22ClN3. The van der Waals surface area contributed by atoms with Crippen molar-refractivity contribution in [3.63, 3.8) is 0 Å². The summed E-state index contributed by atoms with van der Waals surface area (Å²) in [5, 5.41) is 4.61. The number of pyridine rings is 1. The quantitative estimate of drug-likeness (QED) is 0.693. The zero-order valence-corrected chi connectivity index (χ0v) is 14.3. The van der Waals surface area contributed by atoms with Crippen molar-refractivity contribution in [2.24, 2.45) is 7.05 Å². The van der Waals surface area contributed by atoms with Crippen molar-refractivity contribution >= 4 is 16.7 Å². The van der Waals surface area contributed by atoms with Gasteiger partial charge in [-0.1, -0.05) is 25.1 Å². The summed E-state index contributed by atoms with van der Waals surface area (Å²) in [4.78, 5) is 0. The van der Waals surface area contributed by atoms with E-state index in [4.69, 9.17) is 0 Å². The Hall–Kier alpha value is -2.00. The van der Waals surface area contributed by atoms with Gasteiger partial charge in [0.05, 0.1) is 31.4 Å². The summed E-state index contributed by atoms with van der Waals surface area (Å²) in [5.74, 6) is 1.11. The van der Waals surface area contributed by atoms with Crippen LogP contribution in [-0.4, -0.2) is 11.6 Å². The van der Waals surface area contributed by atoms with E-state index in [9.17, 15) is 0 Å². The summed E-state index contributed by atoms with van der Waals surface area (Å²) in [7, 11) is 4.04. The molecule has 0 radical (unpaired) electrons. The highest BCUT2D eigenvalue weighted by atomic mass is 35.5. The van der Waals surface area contributed by atoms with E-state index in [0.29, 0.717) is 0 Å². The molecule has 3 aromatic rings. The van der Waals surface area contributed by atoms with Gasteiger partial charge in [0.25, 0.3) is 5.82 Å². The number of benzene rings is 1. The van der Waals surface area contributed by atoms with Crippen LogP contribution in [0.3, 0.4) is 0 Å².